The summed E-state index contributed by atoms with van der Waals surface area (Å²) < 4.78 is 15.9. The minimum atomic E-state index is -0.434. The van der Waals surface area contributed by atoms with Crippen LogP contribution in [0.2, 0.25) is 0 Å². The standard InChI is InChI=1S/C19H19N3O5/c20-13-8-16-17(27-10-26-16)9-14(13)22-18(23)11-3-1-4-12(7-11)21-19(24)15-5-2-6-25-15/h1,3-4,7-9,15H,2,5-6,10,20H2,(H,21,24)(H,22,23). The van der Waals surface area contributed by atoms with Crippen molar-refractivity contribution in [1.82, 2.24) is 0 Å². The van der Waals surface area contributed by atoms with Crippen LogP contribution in [0.25, 0.3) is 0 Å². The molecular weight excluding hydrogens is 350 g/mol. The van der Waals surface area contributed by atoms with Gasteiger partial charge >= 0.3 is 0 Å². The highest BCUT2D eigenvalue weighted by Crippen LogP contribution is 2.38. The van der Waals surface area contributed by atoms with Crippen molar-refractivity contribution >= 4 is 28.9 Å². The number of carbonyl (C=O) groups is 2. The molecule has 1 saturated heterocycles. The number of amides is 2. The smallest absolute Gasteiger partial charge is 0.255 e. The first-order valence-corrected chi connectivity index (χ1v) is 8.63. The number of hydrogen-bond donors (Lipinski definition) is 3. The van der Waals surface area contributed by atoms with Crippen LogP contribution < -0.4 is 25.8 Å². The van der Waals surface area contributed by atoms with Gasteiger partial charge in [-0.3, -0.25) is 9.59 Å². The van der Waals surface area contributed by atoms with Gasteiger partial charge in [-0.25, -0.2) is 0 Å². The van der Waals surface area contributed by atoms with E-state index < -0.39 is 6.10 Å². The van der Waals surface area contributed by atoms with E-state index in [-0.39, 0.29) is 18.6 Å². The third-order valence-corrected chi connectivity index (χ3v) is 4.41. The zero-order valence-corrected chi connectivity index (χ0v) is 14.5. The van der Waals surface area contributed by atoms with Crippen molar-refractivity contribution in [2.24, 2.45) is 0 Å². The second kappa shape index (κ2) is 7.16. The van der Waals surface area contributed by atoms with Gasteiger partial charge in [0.1, 0.15) is 6.10 Å². The summed E-state index contributed by atoms with van der Waals surface area (Å²) in [5.41, 5.74) is 7.68. The fourth-order valence-electron chi connectivity index (χ4n) is 3.01. The van der Waals surface area contributed by atoms with Crippen LogP contribution in [-0.4, -0.2) is 31.3 Å². The van der Waals surface area contributed by atoms with Gasteiger partial charge in [0.15, 0.2) is 11.5 Å². The summed E-state index contributed by atoms with van der Waals surface area (Å²) in [5.74, 6) is 0.514. The fourth-order valence-corrected chi connectivity index (χ4v) is 3.01. The number of nitrogens with one attached hydrogen (secondary N) is 2. The van der Waals surface area contributed by atoms with Crippen molar-refractivity contribution in [3.63, 3.8) is 0 Å². The zero-order chi connectivity index (χ0) is 18.8. The highest BCUT2D eigenvalue weighted by atomic mass is 16.7. The molecule has 0 radical (unpaired) electrons. The molecule has 27 heavy (non-hydrogen) atoms. The average molecular weight is 369 g/mol. The predicted molar refractivity (Wildman–Crippen MR) is 99.0 cm³/mol. The van der Waals surface area contributed by atoms with Crippen LogP contribution in [0.4, 0.5) is 17.1 Å². The molecule has 1 fully saturated rings. The van der Waals surface area contributed by atoms with Crippen molar-refractivity contribution < 1.29 is 23.8 Å². The second-order valence-corrected chi connectivity index (χ2v) is 6.32. The molecule has 2 aliphatic heterocycles. The van der Waals surface area contributed by atoms with Gasteiger partial charge in [0.25, 0.3) is 11.8 Å². The molecule has 8 heteroatoms. The van der Waals surface area contributed by atoms with E-state index in [2.05, 4.69) is 10.6 Å². The van der Waals surface area contributed by atoms with Crippen LogP contribution >= 0.6 is 0 Å². The fraction of sp³-hybridized carbons (Fsp3) is 0.263. The van der Waals surface area contributed by atoms with Crippen molar-refractivity contribution in [2.45, 2.75) is 18.9 Å². The van der Waals surface area contributed by atoms with Crippen molar-refractivity contribution in [1.29, 1.82) is 0 Å². The molecular formula is C19H19N3O5. The van der Waals surface area contributed by atoms with Crippen LogP contribution in [0, 0.1) is 0 Å². The Bertz CT molecular complexity index is 893. The van der Waals surface area contributed by atoms with Gasteiger partial charge in [-0.05, 0) is 31.0 Å². The molecule has 4 rings (SSSR count). The normalized spacial score (nSPS) is 17.6. The Morgan fingerprint density at radius 2 is 1.89 bits per heavy atom. The molecule has 0 aromatic heterocycles. The van der Waals surface area contributed by atoms with Gasteiger partial charge in [-0.1, -0.05) is 6.07 Å². The number of nitrogens with two attached hydrogens (primary N) is 1. The van der Waals surface area contributed by atoms with E-state index in [4.69, 9.17) is 19.9 Å². The number of carbonyl (C=O) groups excluding carboxylic acids is 2. The maximum Gasteiger partial charge on any atom is 0.255 e. The molecule has 2 heterocycles. The minimum absolute atomic E-state index is 0.124. The molecule has 1 unspecified atom stereocenters. The Hall–Kier alpha value is -3.26. The number of rotatable bonds is 4. The molecule has 8 nitrogen and oxygen atoms in total. The van der Waals surface area contributed by atoms with Gasteiger partial charge < -0.3 is 30.6 Å². The molecule has 4 N–H and O–H groups in total. The first-order chi connectivity index (χ1) is 13.1. The van der Waals surface area contributed by atoms with Crippen LogP contribution in [0.3, 0.4) is 0 Å². The molecule has 2 aliphatic rings. The Kier molecular flexibility index (Phi) is 4.55. The third-order valence-electron chi connectivity index (χ3n) is 4.41. The lowest BCUT2D eigenvalue weighted by Crippen LogP contribution is -2.27. The Balaban J connectivity index is 1.47. The maximum absolute atomic E-state index is 12.6. The van der Waals surface area contributed by atoms with E-state index in [1.807, 2.05) is 0 Å². The number of benzene rings is 2. The van der Waals surface area contributed by atoms with E-state index in [0.717, 1.165) is 6.42 Å². The highest BCUT2D eigenvalue weighted by molar-refractivity contribution is 6.07. The summed E-state index contributed by atoms with van der Waals surface area (Å²) in [6.07, 6.45) is 1.14. The van der Waals surface area contributed by atoms with E-state index in [1.54, 1.807) is 36.4 Å². The van der Waals surface area contributed by atoms with Crippen molar-refractivity contribution in [3.8, 4) is 11.5 Å². The molecule has 140 valence electrons. The van der Waals surface area contributed by atoms with Crippen LogP contribution in [0.15, 0.2) is 36.4 Å². The van der Waals surface area contributed by atoms with Crippen molar-refractivity contribution in [2.75, 3.05) is 29.8 Å². The Morgan fingerprint density at radius 1 is 1.07 bits per heavy atom. The minimum Gasteiger partial charge on any atom is -0.454 e. The van der Waals surface area contributed by atoms with Gasteiger partial charge in [-0.15, -0.1) is 0 Å². The molecule has 2 aromatic rings. The van der Waals surface area contributed by atoms with E-state index in [1.165, 1.54) is 0 Å². The molecule has 0 saturated carbocycles. The maximum atomic E-state index is 12.6. The lowest BCUT2D eigenvalue weighted by molar-refractivity contribution is -0.124. The summed E-state index contributed by atoms with van der Waals surface area (Å²) >= 11 is 0. The Labute approximate surface area is 155 Å². The predicted octanol–water partition coefficient (Wildman–Crippen LogP) is 2.37. The topological polar surface area (TPSA) is 112 Å². The summed E-state index contributed by atoms with van der Waals surface area (Å²) in [6, 6.07) is 9.90. The van der Waals surface area contributed by atoms with E-state index >= 15 is 0 Å². The van der Waals surface area contributed by atoms with Gasteiger partial charge in [-0.2, -0.15) is 0 Å². The lowest BCUT2D eigenvalue weighted by atomic mass is 10.1. The van der Waals surface area contributed by atoms with Gasteiger partial charge in [0.2, 0.25) is 6.79 Å². The zero-order valence-electron chi connectivity index (χ0n) is 14.5. The average Bonchev–Trinajstić information content (AvgIpc) is 3.33. The number of nitrogen functional groups attached to an aromatic ring is 1. The van der Waals surface area contributed by atoms with Crippen LogP contribution in [0.5, 0.6) is 11.5 Å². The summed E-state index contributed by atoms with van der Waals surface area (Å²) in [5, 5.41) is 5.54. The second-order valence-electron chi connectivity index (χ2n) is 6.32. The van der Waals surface area contributed by atoms with E-state index in [9.17, 15) is 9.59 Å². The quantitative estimate of drug-likeness (QED) is 0.714. The molecule has 0 bridgehead atoms. The lowest BCUT2D eigenvalue weighted by Gasteiger charge is -2.12. The summed E-state index contributed by atoms with van der Waals surface area (Å²) in [6.45, 7) is 0.718. The molecule has 2 amide bonds. The highest BCUT2D eigenvalue weighted by Gasteiger charge is 2.24. The first kappa shape index (κ1) is 17.2. The SMILES string of the molecule is Nc1cc2c(cc1NC(=O)c1cccc(NC(=O)C3CCCO3)c1)OCO2. The first-order valence-electron chi connectivity index (χ1n) is 8.63. The molecule has 0 spiro atoms. The molecule has 0 aliphatic carbocycles. The number of hydrogen-bond acceptors (Lipinski definition) is 6. The molecule has 2 aromatic carbocycles. The largest absolute Gasteiger partial charge is 0.454 e. The summed E-state index contributed by atoms with van der Waals surface area (Å²) in [4.78, 5) is 24.7. The number of fused-ring (bicyclic) bond motifs is 1. The third kappa shape index (κ3) is 3.65. The van der Waals surface area contributed by atoms with Gasteiger partial charge in [0, 0.05) is 30.0 Å². The molecule has 1 atom stereocenters. The monoisotopic (exact) mass is 369 g/mol. The van der Waals surface area contributed by atoms with E-state index in [0.29, 0.717) is 47.2 Å². The van der Waals surface area contributed by atoms with Crippen molar-refractivity contribution in [3.05, 3.63) is 42.0 Å². The Morgan fingerprint density at radius 3 is 2.67 bits per heavy atom. The number of ether oxygens (including phenoxy) is 3. The van der Waals surface area contributed by atoms with Crippen LogP contribution in [-0.2, 0) is 9.53 Å². The number of anilines is 3. The summed E-state index contributed by atoms with van der Waals surface area (Å²) in [7, 11) is 0. The van der Waals surface area contributed by atoms with Crippen LogP contribution in [0.1, 0.15) is 23.2 Å². The van der Waals surface area contributed by atoms with Gasteiger partial charge in [0.05, 0.1) is 11.4 Å².